The van der Waals surface area contributed by atoms with Crippen molar-refractivity contribution >= 4 is 52.4 Å². The van der Waals surface area contributed by atoms with E-state index < -0.39 is 5.97 Å². The van der Waals surface area contributed by atoms with Gasteiger partial charge < -0.3 is 5.11 Å². The van der Waals surface area contributed by atoms with Gasteiger partial charge in [-0.2, -0.15) is 0 Å². The number of hydrogen-bond acceptors (Lipinski definition) is 2. The van der Waals surface area contributed by atoms with Crippen molar-refractivity contribution in [1.29, 1.82) is 0 Å². The maximum absolute atomic E-state index is 11.2. The highest BCUT2D eigenvalue weighted by Crippen LogP contribution is 2.41. The van der Waals surface area contributed by atoms with Gasteiger partial charge in [0.25, 0.3) is 0 Å². The van der Waals surface area contributed by atoms with Crippen LogP contribution in [-0.2, 0) is 0 Å². The molecule has 0 unspecified atom stereocenters. The van der Waals surface area contributed by atoms with Crippen molar-refractivity contribution in [1.82, 2.24) is 4.98 Å². The average molecular weight is 337 g/mol. The molecule has 0 saturated carbocycles. The molecule has 1 heterocycles. The molecule has 98 valence electrons. The second kappa shape index (κ2) is 5.55. The van der Waals surface area contributed by atoms with E-state index in [1.54, 1.807) is 0 Å². The first-order chi connectivity index (χ1) is 8.91. The van der Waals surface area contributed by atoms with Gasteiger partial charge in [0.05, 0.1) is 15.6 Å². The number of hydrogen-bond donors (Lipinski definition) is 1. The first-order valence-corrected chi connectivity index (χ1v) is 6.45. The van der Waals surface area contributed by atoms with E-state index in [9.17, 15) is 9.90 Å². The number of carboxylic acids is 1. The number of carbonyl (C=O) groups is 1. The fourth-order valence-electron chi connectivity index (χ4n) is 1.63. The minimum absolute atomic E-state index is 0.00558. The molecule has 0 saturated heterocycles. The summed E-state index contributed by atoms with van der Waals surface area (Å²) in [7, 11) is 0. The van der Waals surface area contributed by atoms with E-state index in [1.165, 1.54) is 24.4 Å². The molecular weight excluding hydrogens is 332 g/mol. The van der Waals surface area contributed by atoms with Crippen molar-refractivity contribution in [2.75, 3.05) is 0 Å². The third-order valence-corrected chi connectivity index (χ3v) is 3.49. The first-order valence-electron chi connectivity index (χ1n) is 4.94. The van der Waals surface area contributed by atoms with Crippen molar-refractivity contribution in [3.63, 3.8) is 0 Å². The highest BCUT2D eigenvalue weighted by molar-refractivity contribution is 6.43. The van der Waals surface area contributed by atoms with Gasteiger partial charge >= 0.3 is 5.97 Å². The molecule has 0 aliphatic rings. The second-order valence-electron chi connectivity index (χ2n) is 3.57. The minimum Gasteiger partial charge on any atom is -0.478 e. The largest absolute Gasteiger partial charge is 0.478 e. The zero-order valence-corrected chi connectivity index (χ0v) is 12.1. The monoisotopic (exact) mass is 335 g/mol. The Morgan fingerprint density at radius 2 is 1.63 bits per heavy atom. The first kappa shape index (κ1) is 14.4. The number of pyridine rings is 1. The standard InChI is InChI=1S/C12H5Cl4NO2/c13-5-3-7(14)10(8(15)4-5)9-6(12(18)19)1-2-17-11(9)16/h1-4H,(H,18,19). The van der Waals surface area contributed by atoms with Crippen molar-refractivity contribution in [3.05, 3.63) is 50.2 Å². The number of benzene rings is 1. The van der Waals surface area contributed by atoms with Crippen LogP contribution in [0.5, 0.6) is 0 Å². The van der Waals surface area contributed by atoms with E-state index in [2.05, 4.69) is 4.98 Å². The number of halogens is 4. The topological polar surface area (TPSA) is 50.2 Å². The van der Waals surface area contributed by atoms with Gasteiger partial charge in [-0.25, -0.2) is 9.78 Å². The number of rotatable bonds is 2. The molecule has 2 aromatic rings. The molecule has 1 aromatic heterocycles. The Bertz CT molecular complexity index is 650. The van der Waals surface area contributed by atoms with Crippen LogP contribution in [0.3, 0.4) is 0 Å². The molecule has 7 heteroatoms. The third kappa shape index (κ3) is 2.79. The van der Waals surface area contributed by atoms with Crippen LogP contribution in [0.1, 0.15) is 10.4 Å². The van der Waals surface area contributed by atoms with Crippen molar-refractivity contribution in [2.45, 2.75) is 0 Å². The van der Waals surface area contributed by atoms with Crippen LogP contribution >= 0.6 is 46.4 Å². The number of nitrogens with zero attached hydrogens (tertiary/aromatic N) is 1. The van der Waals surface area contributed by atoms with E-state index in [-0.39, 0.29) is 26.3 Å². The molecule has 3 nitrogen and oxygen atoms in total. The molecule has 0 radical (unpaired) electrons. The second-order valence-corrected chi connectivity index (χ2v) is 5.18. The van der Waals surface area contributed by atoms with Crippen LogP contribution < -0.4 is 0 Å². The molecule has 0 spiro atoms. The summed E-state index contributed by atoms with van der Waals surface area (Å²) in [5.74, 6) is -1.15. The van der Waals surface area contributed by atoms with E-state index in [1.807, 2.05) is 0 Å². The molecule has 2 rings (SSSR count). The lowest BCUT2D eigenvalue weighted by molar-refractivity contribution is 0.0697. The number of aromatic carboxylic acids is 1. The maximum atomic E-state index is 11.2. The summed E-state index contributed by atoms with van der Waals surface area (Å²) in [6.45, 7) is 0. The van der Waals surface area contributed by atoms with Crippen LogP contribution in [0.4, 0.5) is 0 Å². The van der Waals surface area contributed by atoms with E-state index in [0.29, 0.717) is 10.6 Å². The van der Waals surface area contributed by atoms with Gasteiger partial charge in [-0.3, -0.25) is 0 Å². The van der Waals surface area contributed by atoms with Crippen LogP contribution in [0.2, 0.25) is 20.2 Å². The SMILES string of the molecule is O=C(O)c1ccnc(Cl)c1-c1c(Cl)cc(Cl)cc1Cl. The van der Waals surface area contributed by atoms with Crippen LogP contribution in [0.15, 0.2) is 24.4 Å². The normalized spacial score (nSPS) is 10.5. The van der Waals surface area contributed by atoms with Gasteiger partial charge in [0, 0.05) is 22.3 Å². The summed E-state index contributed by atoms with van der Waals surface area (Å²) >= 11 is 23.9. The Morgan fingerprint density at radius 3 is 2.16 bits per heavy atom. The van der Waals surface area contributed by atoms with Crippen LogP contribution in [0, 0.1) is 0 Å². The molecule has 1 aromatic carbocycles. The summed E-state index contributed by atoms with van der Waals surface area (Å²) in [5.41, 5.74) is 0.428. The molecule has 0 fully saturated rings. The number of aromatic nitrogens is 1. The predicted molar refractivity (Wildman–Crippen MR) is 76.7 cm³/mol. The van der Waals surface area contributed by atoms with Gasteiger partial charge in [-0.1, -0.05) is 46.4 Å². The fraction of sp³-hybridized carbons (Fsp3) is 0. The molecule has 0 atom stereocenters. The minimum atomic E-state index is -1.15. The molecule has 0 amide bonds. The summed E-state index contributed by atoms with van der Waals surface area (Å²) in [6, 6.07) is 4.24. The summed E-state index contributed by atoms with van der Waals surface area (Å²) in [6.07, 6.45) is 1.30. The van der Waals surface area contributed by atoms with Crippen LogP contribution in [0.25, 0.3) is 11.1 Å². The lowest BCUT2D eigenvalue weighted by Crippen LogP contribution is -2.02. The van der Waals surface area contributed by atoms with E-state index in [4.69, 9.17) is 46.4 Å². The summed E-state index contributed by atoms with van der Waals surface area (Å²) < 4.78 is 0. The smallest absolute Gasteiger partial charge is 0.336 e. The summed E-state index contributed by atoms with van der Waals surface area (Å²) in [5, 5.41) is 9.95. The number of carboxylic acid groups (broad SMARTS) is 1. The molecule has 19 heavy (non-hydrogen) atoms. The lowest BCUT2D eigenvalue weighted by Gasteiger charge is -2.12. The average Bonchev–Trinajstić information content (AvgIpc) is 2.29. The van der Waals surface area contributed by atoms with Crippen molar-refractivity contribution in [2.24, 2.45) is 0 Å². The zero-order valence-electron chi connectivity index (χ0n) is 9.12. The van der Waals surface area contributed by atoms with Gasteiger partial charge in [-0.15, -0.1) is 0 Å². The Morgan fingerprint density at radius 1 is 1.05 bits per heavy atom. The molecule has 0 bridgehead atoms. The van der Waals surface area contributed by atoms with Gasteiger partial charge in [-0.05, 0) is 18.2 Å². The van der Waals surface area contributed by atoms with E-state index in [0.717, 1.165) is 0 Å². The Balaban J connectivity index is 2.83. The molecular formula is C12H5Cl4NO2. The van der Waals surface area contributed by atoms with Gasteiger partial charge in [0.2, 0.25) is 0 Å². The Labute approximate surface area is 128 Å². The lowest BCUT2D eigenvalue weighted by atomic mass is 10.0. The van der Waals surface area contributed by atoms with E-state index >= 15 is 0 Å². The highest BCUT2D eigenvalue weighted by Gasteiger charge is 2.21. The third-order valence-electron chi connectivity index (χ3n) is 2.39. The Hall–Kier alpha value is -1.000. The van der Waals surface area contributed by atoms with Crippen molar-refractivity contribution < 1.29 is 9.90 Å². The molecule has 1 N–H and O–H groups in total. The highest BCUT2D eigenvalue weighted by atomic mass is 35.5. The maximum Gasteiger partial charge on any atom is 0.336 e. The predicted octanol–water partition coefficient (Wildman–Crippen LogP) is 5.06. The quantitative estimate of drug-likeness (QED) is 0.780. The van der Waals surface area contributed by atoms with Crippen molar-refractivity contribution in [3.8, 4) is 11.1 Å². The molecule has 0 aliphatic heterocycles. The van der Waals surface area contributed by atoms with Crippen LogP contribution in [-0.4, -0.2) is 16.1 Å². The van der Waals surface area contributed by atoms with Gasteiger partial charge in [0.1, 0.15) is 5.15 Å². The Kier molecular flexibility index (Phi) is 4.21. The zero-order chi connectivity index (χ0) is 14.2. The van der Waals surface area contributed by atoms with Gasteiger partial charge in [0.15, 0.2) is 0 Å². The fourth-order valence-corrected chi connectivity index (χ4v) is 2.89. The molecule has 0 aliphatic carbocycles. The summed E-state index contributed by atoms with van der Waals surface area (Å²) in [4.78, 5) is 15.1.